The molecule has 6 nitrogen and oxygen atoms in total. The monoisotopic (exact) mass is 346 g/mol. The summed E-state index contributed by atoms with van der Waals surface area (Å²) in [5.41, 5.74) is 1.90. The molecule has 3 rings (SSSR count). The molecule has 0 radical (unpaired) electrons. The smallest absolute Gasteiger partial charge is 0.261 e. The number of sulfonamides is 1. The van der Waals surface area contributed by atoms with Gasteiger partial charge in [-0.15, -0.1) is 0 Å². The summed E-state index contributed by atoms with van der Waals surface area (Å²) >= 11 is 0. The van der Waals surface area contributed by atoms with Crippen LogP contribution in [0.15, 0.2) is 47.4 Å². The van der Waals surface area contributed by atoms with Crippen molar-refractivity contribution in [3.8, 4) is 5.75 Å². The van der Waals surface area contributed by atoms with Crippen LogP contribution >= 0.6 is 0 Å². The predicted molar refractivity (Wildman–Crippen MR) is 92.0 cm³/mol. The van der Waals surface area contributed by atoms with E-state index in [9.17, 15) is 13.2 Å². The lowest BCUT2D eigenvalue weighted by Gasteiger charge is -2.18. The van der Waals surface area contributed by atoms with Gasteiger partial charge in [0.05, 0.1) is 29.3 Å². The summed E-state index contributed by atoms with van der Waals surface area (Å²) in [4.78, 5) is 13.6. The second-order valence-electron chi connectivity index (χ2n) is 5.65. The van der Waals surface area contributed by atoms with Crippen molar-refractivity contribution in [3.63, 3.8) is 0 Å². The molecule has 1 heterocycles. The van der Waals surface area contributed by atoms with E-state index in [-0.39, 0.29) is 17.2 Å². The van der Waals surface area contributed by atoms with Crippen LogP contribution in [-0.2, 0) is 14.8 Å². The van der Waals surface area contributed by atoms with Gasteiger partial charge in [0.15, 0.2) is 0 Å². The Hall–Kier alpha value is -2.54. The van der Waals surface area contributed by atoms with E-state index in [1.807, 2.05) is 6.92 Å². The first-order valence-electron chi connectivity index (χ1n) is 7.50. The van der Waals surface area contributed by atoms with Gasteiger partial charge in [0.2, 0.25) is 5.91 Å². The molecule has 0 aromatic heterocycles. The maximum atomic E-state index is 12.5. The number of benzene rings is 2. The lowest BCUT2D eigenvalue weighted by Crippen LogP contribution is -2.25. The van der Waals surface area contributed by atoms with Gasteiger partial charge < -0.3 is 9.64 Å². The number of carbonyl (C=O) groups excluding carboxylic acids is 1. The van der Waals surface area contributed by atoms with E-state index in [0.29, 0.717) is 23.7 Å². The number of rotatable bonds is 3. The Morgan fingerprint density at radius 1 is 1.12 bits per heavy atom. The topological polar surface area (TPSA) is 75.7 Å². The third-order valence-corrected chi connectivity index (χ3v) is 5.25. The molecule has 2 aromatic carbocycles. The molecule has 0 spiro atoms. The minimum absolute atomic E-state index is 0.0766. The highest BCUT2D eigenvalue weighted by atomic mass is 32.2. The van der Waals surface area contributed by atoms with Crippen LogP contribution in [-0.4, -0.2) is 28.0 Å². The fourth-order valence-electron chi connectivity index (χ4n) is 2.45. The fraction of sp³-hybridized carbons (Fsp3) is 0.235. The molecule has 1 aliphatic heterocycles. The fourth-order valence-corrected chi connectivity index (χ4v) is 3.50. The number of fused-ring (bicyclic) bond motifs is 1. The zero-order valence-electron chi connectivity index (χ0n) is 13.4. The van der Waals surface area contributed by atoms with E-state index in [0.717, 1.165) is 5.56 Å². The largest absolute Gasteiger partial charge is 0.491 e. The number of ether oxygens (including phenoxy) is 1. The second-order valence-corrected chi connectivity index (χ2v) is 7.33. The summed E-state index contributed by atoms with van der Waals surface area (Å²) in [6, 6.07) is 11.5. The third-order valence-electron chi connectivity index (χ3n) is 3.85. The molecular formula is C17H18N2O4S. The minimum atomic E-state index is -3.69. The first-order valence-corrected chi connectivity index (χ1v) is 8.98. The van der Waals surface area contributed by atoms with Crippen LogP contribution in [0.4, 0.5) is 11.4 Å². The number of carbonyl (C=O) groups is 1. The maximum Gasteiger partial charge on any atom is 0.261 e. The Morgan fingerprint density at radius 2 is 1.83 bits per heavy atom. The van der Waals surface area contributed by atoms with E-state index in [4.69, 9.17) is 4.74 Å². The lowest BCUT2D eigenvalue weighted by atomic mass is 10.2. The van der Waals surface area contributed by atoms with Crippen LogP contribution in [0, 0.1) is 6.92 Å². The van der Waals surface area contributed by atoms with Crippen molar-refractivity contribution in [1.82, 2.24) is 0 Å². The molecule has 7 heteroatoms. The quantitative estimate of drug-likeness (QED) is 0.927. The molecule has 0 saturated carbocycles. The van der Waals surface area contributed by atoms with Crippen molar-refractivity contribution in [2.75, 3.05) is 23.3 Å². The van der Waals surface area contributed by atoms with Crippen molar-refractivity contribution in [2.45, 2.75) is 18.2 Å². The van der Waals surface area contributed by atoms with E-state index < -0.39 is 10.0 Å². The number of anilines is 2. The van der Waals surface area contributed by atoms with Crippen molar-refractivity contribution in [2.24, 2.45) is 0 Å². The molecule has 0 unspecified atom stereocenters. The normalized spacial score (nSPS) is 14.6. The van der Waals surface area contributed by atoms with Gasteiger partial charge in [-0.25, -0.2) is 8.42 Å². The number of hydrogen-bond donors (Lipinski definition) is 1. The van der Waals surface area contributed by atoms with E-state index in [1.54, 1.807) is 49.5 Å². The molecule has 0 bridgehead atoms. The summed E-state index contributed by atoms with van der Waals surface area (Å²) in [6.45, 7) is 2.20. The number of amides is 1. The van der Waals surface area contributed by atoms with Gasteiger partial charge in [0.25, 0.3) is 10.0 Å². The van der Waals surface area contributed by atoms with E-state index in [1.165, 1.54) is 4.90 Å². The number of aryl methyl sites for hydroxylation is 1. The van der Waals surface area contributed by atoms with E-state index >= 15 is 0 Å². The van der Waals surface area contributed by atoms with Crippen molar-refractivity contribution >= 4 is 27.3 Å². The van der Waals surface area contributed by atoms with Gasteiger partial charge in [-0.2, -0.15) is 0 Å². The van der Waals surface area contributed by atoms with Gasteiger partial charge in [-0.1, -0.05) is 17.7 Å². The maximum absolute atomic E-state index is 12.5. The van der Waals surface area contributed by atoms with Crippen LogP contribution < -0.4 is 14.4 Å². The predicted octanol–water partition coefficient (Wildman–Crippen LogP) is 2.54. The third kappa shape index (κ3) is 3.21. The SMILES string of the molecule is Cc1ccc(S(=O)(=O)Nc2ccc3c(c2)N(C)C(=O)CCO3)cc1. The molecule has 0 fully saturated rings. The molecule has 1 amide bonds. The number of hydrogen-bond acceptors (Lipinski definition) is 4. The Labute approximate surface area is 141 Å². The number of nitrogens with one attached hydrogen (secondary N) is 1. The van der Waals surface area contributed by atoms with Gasteiger partial charge in [-0.05, 0) is 37.3 Å². The Kier molecular flexibility index (Phi) is 4.19. The number of nitrogens with zero attached hydrogens (tertiary/aromatic N) is 1. The summed E-state index contributed by atoms with van der Waals surface area (Å²) in [6.07, 6.45) is 0.287. The summed E-state index contributed by atoms with van der Waals surface area (Å²) in [5.74, 6) is 0.480. The molecule has 1 aliphatic rings. The molecule has 0 saturated heterocycles. The molecule has 0 aliphatic carbocycles. The minimum Gasteiger partial charge on any atom is -0.491 e. The Bertz CT molecular complexity index is 876. The van der Waals surface area contributed by atoms with Crippen LogP contribution in [0.2, 0.25) is 0 Å². The van der Waals surface area contributed by atoms with Crippen LogP contribution in [0.5, 0.6) is 5.75 Å². The van der Waals surface area contributed by atoms with Crippen molar-refractivity contribution in [3.05, 3.63) is 48.0 Å². The standard InChI is InChI=1S/C17H18N2O4S/c1-12-3-6-14(7-4-12)24(21,22)18-13-5-8-16-15(11-13)19(2)17(20)9-10-23-16/h3-8,11,18H,9-10H2,1-2H3. The summed E-state index contributed by atoms with van der Waals surface area (Å²) < 4.78 is 33.0. The van der Waals surface area contributed by atoms with Gasteiger partial charge in [-0.3, -0.25) is 9.52 Å². The first kappa shape index (κ1) is 16.3. The summed E-state index contributed by atoms with van der Waals surface area (Å²) in [7, 11) is -2.04. The molecule has 24 heavy (non-hydrogen) atoms. The lowest BCUT2D eigenvalue weighted by molar-refractivity contribution is -0.118. The van der Waals surface area contributed by atoms with Crippen LogP contribution in [0.3, 0.4) is 0 Å². The average molecular weight is 346 g/mol. The highest BCUT2D eigenvalue weighted by Gasteiger charge is 2.21. The zero-order valence-corrected chi connectivity index (χ0v) is 14.3. The van der Waals surface area contributed by atoms with Gasteiger partial charge >= 0.3 is 0 Å². The van der Waals surface area contributed by atoms with Gasteiger partial charge in [0, 0.05) is 7.05 Å². The van der Waals surface area contributed by atoms with Crippen molar-refractivity contribution in [1.29, 1.82) is 0 Å². The molecule has 126 valence electrons. The average Bonchev–Trinajstić information content (AvgIpc) is 2.68. The van der Waals surface area contributed by atoms with Crippen LogP contribution in [0.1, 0.15) is 12.0 Å². The highest BCUT2D eigenvalue weighted by molar-refractivity contribution is 7.92. The van der Waals surface area contributed by atoms with Crippen molar-refractivity contribution < 1.29 is 17.9 Å². The molecular weight excluding hydrogens is 328 g/mol. The Balaban J connectivity index is 1.92. The molecule has 0 atom stereocenters. The molecule has 2 aromatic rings. The second kappa shape index (κ2) is 6.16. The zero-order chi connectivity index (χ0) is 17.3. The highest BCUT2D eigenvalue weighted by Crippen LogP contribution is 2.33. The first-order chi connectivity index (χ1) is 11.4. The summed E-state index contributed by atoms with van der Waals surface area (Å²) in [5, 5.41) is 0. The van der Waals surface area contributed by atoms with E-state index in [2.05, 4.69) is 4.72 Å². The van der Waals surface area contributed by atoms with Gasteiger partial charge in [0.1, 0.15) is 5.75 Å². The molecule has 1 N–H and O–H groups in total. The Morgan fingerprint density at radius 3 is 2.54 bits per heavy atom. The van der Waals surface area contributed by atoms with Crippen LogP contribution in [0.25, 0.3) is 0 Å².